The smallest absolute Gasteiger partial charge is 0.289 e. The minimum Gasteiger partial charge on any atom is -0.351 e. The Kier molecular flexibility index (Phi) is 6.76. The molecule has 2 N–H and O–H groups in total. The first-order valence-electron chi connectivity index (χ1n) is 5.04. The normalized spacial score (nSPS) is 10.0. The van der Waals surface area contributed by atoms with Crippen LogP contribution in [-0.4, -0.2) is 31.2 Å². The third kappa shape index (κ3) is 4.20. The van der Waals surface area contributed by atoms with Crippen molar-refractivity contribution in [3.63, 3.8) is 0 Å². The van der Waals surface area contributed by atoms with Crippen molar-refractivity contribution in [3.8, 4) is 0 Å². The van der Waals surface area contributed by atoms with Crippen molar-refractivity contribution >= 4 is 18.3 Å². The molecule has 1 amide bonds. The van der Waals surface area contributed by atoms with Crippen LogP contribution in [0.1, 0.15) is 36.0 Å². The second-order valence-corrected chi connectivity index (χ2v) is 3.63. The largest absolute Gasteiger partial charge is 0.351 e. The Balaban J connectivity index is 0.00000225. The number of nitrogens with zero attached hydrogens (tertiary/aromatic N) is 1. The van der Waals surface area contributed by atoms with Crippen molar-refractivity contribution in [3.05, 3.63) is 17.5 Å². The maximum atomic E-state index is 11.5. The van der Waals surface area contributed by atoms with E-state index in [-0.39, 0.29) is 30.0 Å². The van der Waals surface area contributed by atoms with Gasteiger partial charge in [-0.3, -0.25) is 4.79 Å². The molecule has 0 aliphatic carbocycles. The number of halogens is 1. The fraction of sp³-hybridized carbons (Fsp3) is 0.600. The summed E-state index contributed by atoms with van der Waals surface area (Å²) < 4.78 is 4.94. The lowest BCUT2D eigenvalue weighted by molar-refractivity contribution is 0.0917. The lowest BCUT2D eigenvalue weighted by Crippen LogP contribution is -2.30. The molecule has 0 aromatic carbocycles. The Hall–Kier alpha value is -1.07. The SMILES string of the molecule is CNCCNC(=O)c1cc(C(C)C)no1.Cl. The van der Waals surface area contributed by atoms with Gasteiger partial charge in [0.1, 0.15) is 0 Å². The molecule has 1 heterocycles. The van der Waals surface area contributed by atoms with E-state index in [4.69, 9.17) is 4.52 Å². The predicted molar refractivity (Wildman–Crippen MR) is 64.1 cm³/mol. The highest BCUT2D eigenvalue weighted by atomic mass is 35.5. The standard InChI is InChI=1S/C10H17N3O2.ClH/c1-7(2)8-6-9(15-13-8)10(14)12-5-4-11-3;/h6-7,11H,4-5H2,1-3H3,(H,12,14);1H. The molecule has 92 valence electrons. The summed E-state index contributed by atoms with van der Waals surface area (Å²) in [6.45, 7) is 5.31. The van der Waals surface area contributed by atoms with Gasteiger partial charge in [0.25, 0.3) is 5.91 Å². The van der Waals surface area contributed by atoms with E-state index in [1.165, 1.54) is 0 Å². The summed E-state index contributed by atoms with van der Waals surface area (Å²) in [5.41, 5.74) is 0.800. The van der Waals surface area contributed by atoms with Crippen LogP contribution >= 0.6 is 12.4 Å². The van der Waals surface area contributed by atoms with Crippen LogP contribution in [0.2, 0.25) is 0 Å². The summed E-state index contributed by atoms with van der Waals surface area (Å²) in [6, 6.07) is 1.68. The molecule has 0 saturated carbocycles. The zero-order valence-corrected chi connectivity index (χ0v) is 10.6. The molecule has 0 unspecified atom stereocenters. The third-order valence-corrected chi connectivity index (χ3v) is 2.00. The molecule has 0 spiro atoms. The van der Waals surface area contributed by atoms with E-state index in [2.05, 4.69) is 15.8 Å². The van der Waals surface area contributed by atoms with E-state index in [1.54, 1.807) is 6.07 Å². The van der Waals surface area contributed by atoms with Gasteiger partial charge in [-0.25, -0.2) is 0 Å². The van der Waals surface area contributed by atoms with Crippen molar-refractivity contribution in [2.45, 2.75) is 19.8 Å². The number of hydrogen-bond acceptors (Lipinski definition) is 4. The maximum absolute atomic E-state index is 11.5. The number of carbonyl (C=O) groups excluding carboxylic acids is 1. The van der Waals surface area contributed by atoms with Gasteiger partial charge in [-0.1, -0.05) is 19.0 Å². The molecule has 1 aromatic rings. The summed E-state index contributed by atoms with van der Waals surface area (Å²) in [7, 11) is 1.83. The summed E-state index contributed by atoms with van der Waals surface area (Å²) in [4.78, 5) is 11.5. The molecule has 6 heteroatoms. The van der Waals surface area contributed by atoms with E-state index in [9.17, 15) is 4.79 Å². The number of rotatable bonds is 5. The van der Waals surface area contributed by atoms with Gasteiger partial charge in [0.2, 0.25) is 5.76 Å². The molecule has 0 aliphatic rings. The predicted octanol–water partition coefficient (Wildman–Crippen LogP) is 1.17. The number of likely N-dealkylation sites (N-methyl/N-ethyl adjacent to an activating group) is 1. The van der Waals surface area contributed by atoms with Gasteiger partial charge in [0, 0.05) is 19.2 Å². The second-order valence-electron chi connectivity index (χ2n) is 3.63. The Morgan fingerprint density at radius 3 is 2.69 bits per heavy atom. The summed E-state index contributed by atoms with van der Waals surface area (Å²) in [5, 5.41) is 9.47. The van der Waals surface area contributed by atoms with E-state index in [0.29, 0.717) is 6.54 Å². The number of amides is 1. The van der Waals surface area contributed by atoms with Crippen LogP contribution in [0.25, 0.3) is 0 Å². The van der Waals surface area contributed by atoms with Gasteiger partial charge >= 0.3 is 0 Å². The van der Waals surface area contributed by atoms with Crippen molar-refractivity contribution in [2.75, 3.05) is 20.1 Å². The highest BCUT2D eigenvalue weighted by Gasteiger charge is 2.13. The molecule has 0 radical (unpaired) electrons. The van der Waals surface area contributed by atoms with E-state index in [1.807, 2.05) is 20.9 Å². The molecule has 0 atom stereocenters. The average molecular weight is 248 g/mol. The molecule has 0 aliphatic heterocycles. The number of hydrogen-bond donors (Lipinski definition) is 2. The summed E-state index contributed by atoms with van der Waals surface area (Å²) >= 11 is 0. The Morgan fingerprint density at radius 1 is 1.50 bits per heavy atom. The van der Waals surface area contributed by atoms with Crippen molar-refractivity contribution in [1.29, 1.82) is 0 Å². The van der Waals surface area contributed by atoms with Crippen LogP contribution in [0.15, 0.2) is 10.6 Å². The first-order valence-corrected chi connectivity index (χ1v) is 5.04. The van der Waals surface area contributed by atoms with Crippen LogP contribution in [0.3, 0.4) is 0 Å². The molecule has 0 saturated heterocycles. The average Bonchev–Trinajstić information content (AvgIpc) is 2.66. The number of aromatic nitrogens is 1. The fourth-order valence-electron chi connectivity index (χ4n) is 1.06. The minimum atomic E-state index is -0.218. The van der Waals surface area contributed by atoms with Gasteiger partial charge in [0.05, 0.1) is 5.69 Å². The van der Waals surface area contributed by atoms with Crippen LogP contribution in [0.4, 0.5) is 0 Å². The van der Waals surface area contributed by atoms with E-state index >= 15 is 0 Å². The zero-order valence-electron chi connectivity index (χ0n) is 9.74. The summed E-state index contributed by atoms with van der Waals surface area (Å²) in [6.07, 6.45) is 0. The van der Waals surface area contributed by atoms with E-state index in [0.717, 1.165) is 12.2 Å². The monoisotopic (exact) mass is 247 g/mol. The minimum absolute atomic E-state index is 0. The van der Waals surface area contributed by atoms with Crippen LogP contribution in [0.5, 0.6) is 0 Å². The molecular weight excluding hydrogens is 230 g/mol. The zero-order chi connectivity index (χ0) is 11.3. The Labute approximate surface area is 101 Å². The second kappa shape index (κ2) is 7.24. The van der Waals surface area contributed by atoms with Crippen molar-refractivity contribution in [1.82, 2.24) is 15.8 Å². The van der Waals surface area contributed by atoms with Gasteiger partial charge in [-0.05, 0) is 13.0 Å². The molecule has 0 bridgehead atoms. The van der Waals surface area contributed by atoms with Crippen LogP contribution in [0, 0.1) is 0 Å². The lowest BCUT2D eigenvalue weighted by Gasteiger charge is -2.00. The number of carbonyl (C=O) groups is 1. The Morgan fingerprint density at radius 2 is 2.19 bits per heavy atom. The van der Waals surface area contributed by atoms with Crippen molar-refractivity contribution < 1.29 is 9.32 Å². The third-order valence-electron chi connectivity index (χ3n) is 2.00. The first kappa shape index (κ1) is 14.9. The topological polar surface area (TPSA) is 67.2 Å². The molecule has 1 aromatic heterocycles. The molecule has 1 rings (SSSR count). The van der Waals surface area contributed by atoms with Gasteiger partial charge < -0.3 is 15.2 Å². The van der Waals surface area contributed by atoms with Gasteiger partial charge in [0.15, 0.2) is 0 Å². The first-order chi connectivity index (χ1) is 7.15. The van der Waals surface area contributed by atoms with Crippen LogP contribution < -0.4 is 10.6 Å². The lowest BCUT2D eigenvalue weighted by atomic mass is 10.1. The Bertz CT molecular complexity index is 326. The fourth-order valence-corrected chi connectivity index (χ4v) is 1.06. The maximum Gasteiger partial charge on any atom is 0.289 e. The molecular formula is C10H18ClN3O2. The highest BCUT2D eigenvalue weighted by molar-refractivity contribution is 5.91. The molecule has 16 heavy (non-hydrogen) atoms. The van der Waals surface area contributed by atoms with Gasteiger partial charge in [-0.15, -0.1) is 12.4 Å². The van der Waals surface area contributed by atoms with Crippen molar-refractivity contribution in [2.24, 2.45) is 0 Å². The van der Waals surface area contributed by atoms with Crippen LogP contribution in [-0.2, 0) is 0 Å². The van der Waals surface area contributed by atoms with E-state index < -0.39 is 0 Å². The van der Waals surface area contributed by atoms with Gasteiger partial charge in [-0.2, -0.15) is 0 Å². The summed E-state index contributed by atoms with van der Waals surface area (Å²) in [5.74, 6) is 0.326. The quantitative estimate of drug-likeness (QED) is 0.767. The number of nitrogens with one attached hydrogen (secondary N) is 2. The molecule has 5 nitrogen and oxygen atoms in total. The highest BCUT2D eigenvalue weighted by Crippen LogP contribution is 2.13. The molecule has 0 fully saturated rings.